The molecule has 0 saturated carbocycles. The lowest BCUT2D eigenvalue weighted by Crippen LogP contribution is -2.48. The number of ether oxygens (including phenoxy) is 1. The number of rotatable bonds is 12. The molecule has 0 radical (unpaired) electrons. The van der Waals surface area contributed by atoms with Gasteiger partial charge in [0.2, 0.25) is 17.7 Å². The molecule has 1 atom stereocenters. The highest BCUT2D eigenvalue weighted by Crippen LogP contribution is 2.29. The van der Waals surface area contributed by atoms with Crippen LogP contribution in [0.4, 0.5) is 17.6 Å². The molecule has 12 heteroatoms. The molecule has 3 amide bonds. The maximum absolute atomic E-state index is 13.6. The summed E-state index contributed by atoms with van der Waals surface area (Å²) in [4.78, 5) is 36.3. The van der Waals surface area contributed by atoms with Crippen LogP contribution >= 0.6 is 0 Å². The fourth-order valence-electron chi connectivity index (χ4n) is 3.46. The first-order valence-electron chi connectivity index (χ1n) is 13.7. The third-order valence-electron chi connectivity index (χ3n) is 5.57. The molecule has 8 nitrogen and oxygen atoms in total. The van der Waals surface area contributed by atoms with E-state index in [1.165, 1.54) is 37.5 Å². The van der Waals surface area contributed by atoms with Crippen molar-refractivity contribution in [3.05, 3.63) is 65.0 Å². The maximum atomic E-state index is 13.6. The molecule has 0 aromatic heterocycles. The first-order valence-corrected chi connectivity index (χ1v) is 13.7. The van der Waals surface area contributed by atoms with Crippen molar-refractivity contribution in [1.82, 2.24) is 15.5 Å². The second-order valence-electron chi connectivity index (χ2n) is 9.48. The number of carbonyl (C=O) groups excluding carboxylic acids is 3. The number of alkyl halides is 3. The molecule has 236 valence electrons. The Morgan fingerprint density at radius 1 is 1.05 bits per heavy atom. The number of likely N-dealkylation sites (N-methyl/N-ethyl adjacent to an activating group) is 2. The summed E-state index contributed by atoms with van der Waals surface area (Å²) in [7, 11) is 4.58. The number of hydrogen-bond donors (Lipinski definition) is 3. The van der Waals surface area contributed by atoms with Gasteiger partial charge in [-0.25, -0.2) is 4.39 Å². The Labute approximate surface area is 246 Å². The molecule has 0 fully saturated rings. The first-order chi connectivity index (χ1) is 19.7. The molecule has 2 aromatic rings. The van der Waals surface area contributed by atoms with E-state index < -0.39 is 35.4 Å². The number of aryl methyl sites for hydroxylation is 1. The predicted molar refractivity (Wildman–Crippen MR) is 155 cm³/mol. The minimum atomic E-state index is -4.25. The number of amides is 3. The molecular formula is C30H44F4N4O4. The number of benzene rings is 2. The van der Waals surface area contributed by atoms with E-state index in [1.807, 2.05) is 0 Å². The van der Waals surface area contributed by atoms with E-state index in [4.69, 9.17) is 10.5 Å². The molecule has 0 aliphatic carbocycles. The maximum Gasteiger partial charge on any atom is 0.416 e. The van der Waals surface area contributed by atoms with Crippen LogP contribution in [0.15, 0.2) is 42.5 Å². The van der Waals surface area contributed by atoms with Gasteiger partial charge >= 0.3 is 6.18 Å². The Balaban J connectivity index is 0.000000871. The fraction of sp³-hybridized carbons (Fsp3) is 0.500. The van der Waals surface area contributed by atoms with Crippen molar-refractivity contribution in [2.24, 2.45) is 5.73 Å². The standard InChI is InChI=1S/C18H26FN3O4.C9H10F3N.C3H8/c1-12-7-8-15(13(19)10-12)26-9-5-4-6-17(24)22(3)14(11-16(20)23)18(25)21-2;1-13-6-7-3-2-4-8(5-7)9(10,11)12;1-3-2/h7-8,10,14H,4-6,9,11H2,1-3H3,(H2,20,23)(H,21,25);2-5,13H,6H2,1H3;3H2,1-2H3. The average Bonchev–Trinajstić information content (AvgIpc) is 2.92. The summed E-state index contributed by atoms with van der Waals surface area (Å²) in [6.45, 7) is 6.76. The number of nitrogens with one attached hydrogen (secondary N) is 2. The van der Waals surface area contributed by atoms with Crippen molar-refractivity contribution >= 4 is 17.7 Å². The van der Waals surface area contributed by atoms with E-state index in [1.54, 1.807) is 32.2 Å². The Bertz CT molecular complexity index is 1110. The normalized spacial score (nSPS) is 11.2. The summed E-state index contributed by atoms with van der Waals surface area (Å²) in [5.41, 5.74) is 5.99. The smallest absolute Gasteiger partial charge is 0.416 e. The van der Waals surface area contributed by atoms with Crippen LogP contribution in [0.1, 0.15) is 62.6 Å². The lowest BCUT2D eigenvalue weighted by atomic mass is 10.1. The molecule has 0 aliphatic heterocycles. The molecule has 1 unspecified atom stereocenters. The minimum Gasteiger partial charge on any atom is -0.491 e. The van der Waals surface area contributed by atoms with Crippen LogP contribution in [0.2, 0.25) is 0 Å². The zero-order valence-electron chi connectivity index (χ0n) is 25.2. The third kappa shape index (κ3) is 15.4. The molecule has 0 saturated heterocycles. The number of carbonyl (C=O) groups is 3. The van der Waals surface area contributed by atoms with Gasteiger partial charge in [-0.1, -0.05) is 44.5 Å². The molecule has 4 N–H and O–H groups in total. The summed E-state index contributed by atoms with van der Waals surface area (Å²) in [6, 6.07) is 9.08. The predicted octanol–water partition coefficient (Wildman–Crippen LogP) is 4.97. The van der Waals surface area contributed by atoms with Crippen LogP contribution < -0.4 is 21.1 Å². The summed E-state index contributed by atoms with van der Waals surface area (Å²) in [6.07, 6.45) is -2.00. The van der Waals surface area contributed by atoms with Crippen molar-refractivity contribution in [3.8, 4) is 5.75 Å². The van der Waals surface area contributed by atoms with Gasteiger partial charge in [0.05, 0.1) is 18.6 Å². The molecule has 0 spiro atoms. The van der Waals surface area contributed by atoms with Gasteiger partial charge in [-0.2, -0.15) is 13.2 Å². The van der Waals surface area contributed by atoms with Gasteiger partial charge in [-0.15, -0.1) is 0 Å². The van der Waals surface area contributed by atoms with Crippen LogP contribution in [-0.2, 0) is 27.1 Å². The topological polar surface area (TPSA) is 114 Å². The quantitative estimate of drug-likeness (QED) is 0.235. The monoisotopic (exact) mass is 600 g/mol. The van der Waals surface area contributed by atoms with E-state index in [2.05, 4.69) is 24.5 Å². The highest BCUT2D eigenvalue weighted by molar-refractivity contribution is 5.91. The van der Waals surface area contributed by atoms with E-state index in [9.17, 15) is 31.9 Å². The van der Waals surface area contributed by atoms with Crippen molar-refractivity contribution < 1.29 is 36.7 Å². The summed E-state index contributed by atoms with van der Waals surface area (Å²) >= 11 is 0. The number of hydrogen-bond acceptors (Lipinski definition) is 5. The van der Waals surface area contributed by atoms with Gasteiger partial charge in [0.25, 0.3) is 0 Å². The van der Waals surface area contributed by atoms with Crippen molar-refractivity contribution in [3.63, 3.8) is 0 Å². The molecule has 2 aromatic carbocycles. The fourth-order valence-corrected chi connectivity index (χ4v) is 3.46. The lowest BCUT2D eigenvalue weighted by molar-refractivity contribution is -0.140. The van der Waals surface area contributed by atoms with Gasteiger partial charge in [0.15, 0.2) is 11.6 Å². The van der Waals surface area contributed by atoms with E-state index in [-0.39, 0.29) is 31.1 Å². The SMILES string of the molecule is CCC.CNC(=O)C(CC(N)=O)N(C)C(=O)CCCCOc1ccc(C)cc1F.CNCc1cccc(C(F)(F)F)c1. The number of nitrogens with two attached hydrogens (primary N) is 1. The molecule has 2 rings (SSSR count). The highest BCUT2D eigenvalue weighted by Gasteiger charge is 2.30. The zero-order valence-corrected chi connectivity index (χ0v) is 25.2. The Kier molecular flexibility index (Phi) is 18.5. The van der Waals surface area contributed by atoms with Gasteiger partial charge < -0.3 is 26.0 Å². The molecule has 0 heterocycles. The Morgan fingerprint density at radius 2 is 1.69 bits per heavy atom. The van der Waals surface area contributed by atoms with E-state index in [0.29, 0.717) is 24.9 Å². The van der Waals surface area contributed by atoms with Crippen molar-refractivity contribution in [1.29, 1.82) is 0 Å². The summed E-state index contributed by atoms with van der Waals surface area (Å²) < 4.78 is 55.6. The number of nitrogens with zero attached hydrogens (tertiary/aromatic N) is 1. The van der Waals surface area contributed by atoms with Crippen LogP contribution in [0.5, 0.6) is 5.75 Å². The van der Waals surface area contributed by atoms with Crippen molar-refractivity contribution in [2.45, 2.75) is 71.6 Å². The summed E-state index contributed by atoms with van der Waals surface area (Å²) in [5, 5.41) is 5.21. The number of unbranched alkanes of at least 4 members (excludes halogenated alkanes) is 1. The lowest BCUT2D eigenvalue weighted by Gasteiger charge is -2.26. The van der Waals surface area contributed by atoms with E-state index in [0.717, 1.165) is 17.7 Å². The Hall–Kier alpha value is -3.67. The summed E-state index contributed by atoms with van der Waals surface area (Å²) in [5.74, 6) is -1.62. The second kappa shape index (κ2) is 20.2. The molecule has 42 heavy (non-hydrogen) atoms. The van der Waals surface area contributed by atoms with Crippen molar-refractivity contribution in [2.75, 3.05) is 27.7 Å². The van der Waals surface area contributed by atoms with Crippen LogP contribution in [-0.4, -0.2) is 56.4 Å². The first kappa shape index (κ1) is 38.3. The second-order valence-corrected chi connectivity index (χ2v) is 9.48. The molecule has 0 aliphatic rings. The van der Waals surface area contributed by atoms with E-state index >= 15 is 0 Å². The Morgan fingerprint density at radius 3 is 2.21 bits per heavy atom. The zero-order chi connectivity index (χ0) is 32.3. The van der Waals surface area contributed by atoms with Gasteiger partial charge in [0, 0.05) is 27.1 Å². The molecule has 0 bridgehead atoms. The van der Waals surface area contributed by atoms with Gasteiger partial charge in [-0.05, 0) is 56.1 Å². The largest absolute Gasteiger partial charge is 0.491 e. The van der Waals surface area contributed by atoms with Crippen LogP contribution in [0, 0.1) is 12.7 Å². The number of halogens is 4. The van der Waals surface area contributed by atoms with Gasteiger partial charge in [-0.3, -0.25) is 14.4 Å². The number of primary amides is 1. The third-order valence-corrected chi connectivity index (χ3v) is 5.57. The van der Waals surface area contributed by atoms with Crippen LogP contribution in [0.3, 0.4) is 0 Å². The van der Waals surface area contributed by atoms with Gasteiger partial charge in [0.1, 0.15) is 6.04 Å². The average molecular weight is 601 g/mol. The van der Waals surface area contributed by atoms with Crippen LogP contribution in [0.25, 0.3) is 0 Å². The molecular weight excluding hydrogens is 556 g/mol. The highest BCUT2D eigenvalue weighted by atomic mass is 19.4. The minimum absolute atomic E-state index is 0.181.